The third-order valence-corrected chi connectivity index (χ3v) is 7.99. The number of anilines is 1. The van der Waals surface area contributed by atoms with E-state index in [-0.39, 0.29) is 53.9 Å². The first-order chi connectivity index (χ1) is 21.6. The second-order valence-electron chi connectivity index (χ2n) is 11.2. The van der Waals surface area contributed by atoms with E-state index in [4.69, 9.17) is 10.00 Å². The fraction of sp³-hybridized carbons (Fsp3) is 0.364. The quantitative estimate of drug-likeness (QED) is 0.332. The van der Waals surface area contributed by atoms with Crippen LogP contribution in [0.1, 0.15) is 59.4 Å². The van der Waals surface area contributed by atoms with Crippen LogP contribution in [0.4, 0.5) is 14.5 Å². The maximum atomic E-state index is 13.3. The van der Waals surface area contributed by atoms with Crippen molar-refractivity contribution in [2.75, 3.05) is 25.1 Å². The van der Waals surface area contributed by atoms with E-state index >= 15 is 0 Å². The predicted molar refractivity (Wildman–Crippen MR) is 160 cm³/mol. The Bertz CT molecular complexity index is 1610. The van der Waals surface area contributed by atoms with Gasteiger partial charge in [-0.15, -0.1) is 0 Å². The van der Waals surface area contributed by atoms with Crippen LogP contribution in [0.5, 0.6) is 11.5 Å². The molecule has 1 saturated heterocycles. The van der Waals surface area contributed by atoms with Crippen molar-refractivity contribution in [2.45, 2.75) is 51.3 Å². The van der Waals surface area contributed by atoms with Crippen molar-refractivity contribution < 1.29 is 32.6 Å². The number of hydrogen-bond acceptors (Lipinski definition) is 7. The van der Waals surface area contributed by atoms with Gasteiger partial charge in [0, 0.05) is 32.1 Å². The molecule has 2 aromatic carbocycles. The minimum Gasteiger partial charge on any atom is -0.489 e. The third kappa shape index (κ3) is 7.73. The summed E-state index contributed by atoms with van der Waals surface area (Å²) in [6.07, 6.45) is 2.39. The molecule has 3 amide bonds. The van der Waals surface area contributed by atoms with Gasteiger partial charge >= 0.3 is 6.61 Å². The van der Waals surface area contributed by atoms with Crippen LogP contribution in [-0.4, -0.2) is 60.5 Å². The van der Waals surface area contributed by atoms with Gasteiger partial charge in [0.15, 0.2) is 11.5 Å². The standard InChI is InChI=1S/C33H33F2N5O5/c1-20(41)40-18-24(23-10-13-29(45-33(34)35)30(15-23)44-19-22-6-7-22)14-28(40)31(42)37-17-25-4-3-5-27(38-25)32(43)39(2)26-11-8-21(16-36)9-12-26/h3-5,8-13,15,22,24,28,33H,6-7,14,17-19H2,1-2H3,(H,37,42)/t24?,28-/m1/s1. The number of rotatable bonds is 11. The summed E-state index contributed by atoms with van der Waals surface area (Å²) in [5.41, 5.74) is 2.46. The highest BCUT2D eigenvalue weighted by molar-refractivity contribution is 6.04. The van der Waals surface area contributed by atoms with Gasteiger partial charge in [-0.1, -0.05) is 12.1 Å². The molecule has 5 rings (SSSR count). The van der Waals surface area contributed by atoms with Crippen LogP contribution < -0.4 is 19.7 Å². The Morgan fingerprint density at radius 2 is 1.87 bits per heavy atom. The average Bonchev–Trinajstić information content (AvgIpc) is 3.77. The lowest BCUT2D eigenvalue weighted by molar-refractivity contribution is -0.136. The SMILES string of the molecule is CC(=O)N1CC(c2ccc(OC(F)F)c(OCC3CC3)c2)C[C@@H]1C(=O)NCc1cccc(C(=O)N(C)c2ccc(C#N)cc2)n1. The lowest BCUT2D eigenvalue weighted by Crippen LogP contribution is -2.45. The summed E-state index contributed by atoms with van der Waals surface area (Å²) in [5, 5.41) is 11.8. The summed E-state index contributed by atoms with van der Waals surface area (Å²) in [5.74, 6) is -0.669. The van der Waals surface area contributed by atoms with Gasteiger partial charge in [0.25, 0.3) is 5.91 Å². The molecular weight excluding hydrogens is 584 g/mol. The highest BCUT2D eigenvalue weighted by Crippen LogP contribution is 2.39. The Labute approximate surface area is 259 Å². The Kier molecular flexibility index (Phi) is 9.56. The molecule has 12 heteroatoms. The van der Waals surface area contributed by atoms with E-state index in [1.165, 1.54) is 22.8 Å². The first kappa shape index (κ1) is 31.4. The molecule has 0 bridgehead atoms. The number of carbonyl (C=O) groups excluding carboxylic acids is 3. The Balaban J connectivity index is 1.24. The number of nitrogens with one attached hydrogen (secondary N) is 1. The summed E-state index contributed by atoms with van der Waals surface area (Å²) >= 11 is 0. The molecule has 1 aliphatic heterocycles. The van der Waals surface area contributed by atoms with E-state index in [9.17, 15) is 23.2 Å². The lowest BCUT2D eigenvalue weighted by Gasteiger charge is -2.22. The molecule has 45 heavy (non-hydrogen) atoms. The molecule has 1 N–H and O–H groups in total. The number of nitriles is 1. The van der Waals surface area contributed by atoms with Crippen LogP contribution >= 0.6 is 0 Å². The van der Waals surface area contributed by atoms with Gasteiger partial charge in [-0.3, -0.25) is 14.4 Å². The van der Waals surface area contributed by atoms with Gasteiger partial charge in [-0.05, 0) is 79.3 Å². The van der Waals surface area contributed by atoms with E-state index in [0.29, 0.717) is 35.9 Å². The molecule has 234 valence electrons. The van der Waals surface area contributed by atoms with Crippen LogP contribution in [0.25, 0.3) is 0 Å². The lowest BCUT2D eigenvalue weighted by atomic mass is 9.95. The van der Waals surface area contributed by atoms with E-state index in [1.807, 2.05) is 6.07 Å². The van der Waals surface area contributed by atoms with Crippen LogP contribution in [0, 0.1) is 17.2 Å². The van der Waals surface area contributed by atoms with E-state index in [1.54, 1.807) is 61.6 Å². The van der Waals surface area contributed by atoms with Crippen LogP contribution in [0.2, 0.25) is 0 Å². The third-order valence-electron chi connectivity index (χ3n) is 7.99. The van der Waals surface area contributed by atoms with Crippen molar-refractivity contribution in [3.05, 3.63) is 83.2 Å². The number of hydrogen-bond donors (Lipinski definition) is 1. The van der Waals surface area contributed by atoms with Gasteiger partial charge in [-0.25, -0.2) is 4.98 Å². The van der Waals surface area contributed by atoms with Crippen molar-refractivity contribution in [1.29, 1.82) is 5.26 Å². The fourth-order valence-electron chi connectivity index (χ4n) is 5.29. The van der Waals surface area contributed by atoms with Crippen LogP contribution in [-0.2, 0) is 16.1 Å². The zero-order valence-electron chi connectivity index (χ0n) is 24.9. The summed E-state index contributed by atoms with van der Waals surface area (Å²) in [6.45, 7) is -0.886. The van der Waals surface area contributed by atoms with E-state index < -0.39 is 12.7 Å². The van der Waals surface area contributed by atoms with Gasteiger partial charge in [0.1, 0.15) is 11.7 Å². The second-order valence-corrected chi connectivity index (χ2v) is 11.2. The summed E-state index contributed by atoms with van der Waals surface area (Å²) < 4.78 is 36.4. The van der Waals surface area contributed by atoms with Crippen LogP contribution in [0.15, 0.2) is 60.7 Å². The minimum atomic E-state index is -3.00. The average molecular weight is 618 g/mol. The first-order valence-corrected chi connectivity index (χ1v) is 14.6. The van der Waals surface area contributed by atoms with Crippen molar-refractivity contribution in [2.24, 2.45) is 5.92 Å². The number of amides is 3. The molecule has 10 nitrogen and oxygen atoms in total. The summed E-state index contributed by atoms with van der Waals surface area (Å²) in [7, 11) is 1.61. The Hall–Kier alpha value is -5.05. The monoisotopic (exact) mass is 617 g/mol. The topological polar surface area (TPSA) is 125 Å². The number of alkyl halides is 2. The van der Waals surface area contributed by atoms with Crippen LogP contribution in [0.3, 0.4) is 0 Å². The Morgan fingerprint density at radius 3 is 2.53 bits per heavy atom. The molecule has 2 heterocycles. The number of halogens is 2. The highest BCUT2D eigenvalue weighted by Gasteiger charge is 2.39. The predicted octanol–water partition coefficient (Wildman–Crippen LogP) is 4.64. The van der Waals surface area contributed by atoms with Gasteiger partial charge in [0.2, 0.25) is 11.8 Å². The molecule has 1 unspecified atom stereocenters. The number of nitrogens with zero attached hydrogens (tertiary/aromatic N) is 4. The highest BCUT2D eigenvalue weighted by atomic mass is 19.3. The number of aromatic nitrogens is 1. The van der Waals surface area contributed by atoms with E-state index in [0.717, 1.165) is 18.4 Å². The maximum Gasteiger partial charge on any atom is 0.387 e. The minimum absolute atomic E-state index is 0.0340. The van der Waals surface area contributed by atoms with Crippen molar-refractivity contribution >= 4 is 23.4 Å². The van der Waals surface area contributed by atoms with Gasteiger partial charge in [0.05, 0.1) is 30.5 Å². The Morgan fingerprint density at radius 1 is 1.11 bits per heavy atom. The largest absolute Gasteiger partial charge is 0.489 e. The molecule has 1 saturated carbocycles. The number of ether oxygens (including phenoxy) is 2. The normalized spacial score (nSPS) is 17.5. The smallest absolute Gasteiger partial charge is 0.387 e. The number of pyridine rings is 1. The molecule has 2 atom stereocenters. The second kappa shape index (κ2) is 13.7. The van der Waals surface area contributed by atoms with Gasteiger partial charge in [-0.2, -0.15) is 14.0 Å². The molecular formula is C33H33F2N5O5. The summed E-state index contributed by atoms with van der Waals surface area (Å²) in [4.78, 5) is 46.3. The van der Waals surface area contributed by atoms with Gasteiger partial charge < -0.3 is 24.6 Å². The van der Waals surface area contributed by atoms with Crippen molar-refractivity contribution in [1.82, 2.24) is 15.2 Å². The molecule has 0 radical (unpaired) electrons. The van der Waals surface area contributed by atoms with Crippen molar-refractivity contribution in [3.63, 3.8) is 0 Å². The first-order valence-electron chi connectivity index (χ1n) is 14.6. The molecule has 1 aliphatic carbocycles. The zero-order valence-corrected chi connectivity index (χ0v) is 24.9. The van der Waals surface area contributed by atoms with Crippen molar-refractivity contribution in [3.8, 4) is 17.6 Å². The maximum absolute atomic E-state index is 13.3. The fourth-order valence-corrected chi connectivity index (χ4v) is 5.29. The summed E-state index contributed by atoms with van der Waals surface area (Å²) in [6, 6.07) is 17.6. The number of likely N-dealkylation sites (tertiary alicyclic amines) is 1. The molecule has 1 aromatic heterocycles. The molecule has 2 fully saturated rings. The molecule has 3 aromatic rings. The number of benzene rings is 2. The van der Waals surface area contributed by atoms with E-state index in [2.05, 4.69) is 15.0 Å². The zero-order chi connectivity index (χ0) is 32.1. The molecule has 2 aliphatic rings. The molecule has 0 spiro atoms. The number of carbonyl (C=O) groups is 3.